The first kappa shape index (κ1) is 13.8. The predicted molar refractivity (Wildman–Crippen MR) is 72.0 cm³/mol. The molecule has 4 nitrogen and oxygen atoms in total. The third-order valence-electron chi connectivity index (χ3n) is 3.88. The van der Waals surface area contributed by atoms with Gasteiger partial charge in [-0.15, -0.1) is 6.58 Å². The Morgan fingerprint density at radius 3 is 2.68 bits per heavy atom. The van der Waals surface area contributed by atoms with Crippen molar-refractivity contribution in [1.82, 2.24) is 5.32 Å². The molecule has 104 valence electrons. The van der Waals surface area contributed by atoms with Gasteiger partial charge in [-0.05, 0) is 19.8 Å². The van der Waals surface area contributed by atoms with E-state index in [9.17, 15) is 9.59 Å². The van der Waals surface area contributed by atoms with Crippen molar-refractivity contribution in [3.05, 3.63) is 24.4 Å². The topological polar surface area (TPSA) is 55.4 Å². The van der Waals surface area contributed by atoms with Crippen LogP contribution < -0.4 is 5.32 Å². The standard InChI is InChI=1S/C15H21NO3/c1-5-15(3,4)8-9(2)16-13(17)11-6-10-7-12(11)14(18)19-10/h5,8,10-12H,1,6-7H2,2-4H3,(H,16,17)/b9-8-. The lowest BCUT2D eigenvalue weighted by molar-refractivity contribution is -0.153. The Balaban J connectivity index is 1.99. The normalized spacial score (nSPS) is 30.2. The minimum atomic E-state index is -0.245. The first-order valence-corrected chi connectivity index (χ1v) is 6.67. The lowest BCUT2D eigenvalue weighted by atomic mass is 9.92. The number of amides is 1. The number of rotatable bonds is 4. The van der Waals surface area contributed by atoms with Gasteiger partial charge in [0.05, 0.1) is 11.8 Å². The summed E-state index contributed by atoms with van der Waals surface area (Å²) in [5.41, 5.74) is 0.636. The Kier molecular flexibility index (Phi) is 3.52. The molecule has 3 unspecified atom stereocenters. The lowest BCUT2D eigenvalue weighted by Gasteiger charge is -2.21. The molecule has 1 aliphatic carbocycles. The van der Waals surface area contributed by atoms with Gasteiger partial charge in [-0.2, -0.15) is 0 Å². The SMILES string of the molecule is C=CC(C)(C)/C=C(/C)NC(=O)C1CC2CC1C(=O)O2. The van der Waals surface area contributed by atoms with Gasteiger partial charge in [-0.25, -0.2) is 0 Å². The molecule has 4 heteroatoms. The van der Waals surface area contributed by atoms with Gasteiger partial charge < -0.3 is 10.1 Å². The number of hydrogen-bond donors (Lipinski definition) is 1. The second-order valence-corrected chi connectivity index (χ2v) is 6.09. The van der Waals surface area contributed by atoms with Crippen LogP contribution in [0.4, 0.5) is 0 Å². The van der Waals surface area contributed by atoms with E-state index in [-0.39, 0.29) is 35.2 Å². The van der Waals surface area contributed by atoms with E-state index in [4.69, 9.17) is 4.74 Å². The maximum absolute atomic E-state index is 12.2. The molecule has 3 atom stereocenters. The fraction of sp³-hybridized carbons (Fsp3) is 0.600. The number of carbonyl (C=O) groups excluding carboxylic acids is 2. The average Bonchev–Trinajstić information content (AvgIpc) is 2.86. The van der Waals surface area contributed by atoms with Crippen molar-refractivity contribution in [3.63, 3.8) is 0 Å². The summed E-state index contributed by atoms with van der Waals surface area (Å²) >= 11 is 0. The summed E-state index contributed by atoms with van der Waals surface area (Å²) in [6, 6.07) is 0. The molecule has 0 aromatic rings. The van der Waals surface area contributed by atoms with Gasteiger partial charge in [0.2, 0.25) is 5.91 Å². The lowest BCUT2D eigenvalue weighted by Crippen LogP contribution is -2.36. The molecular formula is C15H21NO3. The zero-order chi connectivity index (χ0) is 14.2. The zero-order valence-corrected chi connectivity index (χ0v) is 11.7. The molecule has 0 spiro atoms. The number of ether oxygens (including phenoxy) is 1. The number of esters is 1. The fourth-order valence-electron chi connectivity index (χ4n) is 2.83. The first-order valence-electron chi connectivity index (χ1n) is 6.67. The maximum Gasteiger partial charge on any atom is 0.310 e. The van der Waals surface area contributed by atoms with E-state index in [0.29, 0.717) is 12.8 Å². The fourth-order valence-corrected chi connectivity index (χ4v) is 2.83. The van der Waals surface area contributed by atoms with E-state index in [1.54, 1.807) is 0 Å². The highest BCUT2D eigenvalue weighted by Crippen LogP contribution is 2.41. The van der Waals surface area contributed by atoms with Crippen molar-refractivity contribution < 1.29 is 14.3 Å². The molecular weight excluding hydrogens is 242 g/mol. The van der Waals surface area contributed by atoms with Crippen molar-refractivity contribution in [1.29, 1.82) is 0 Å². The summed E-state index contributed by atoms with van der Waals surface area (Å²) in [5, 5.41) is 2.88. The molecule has 1 heterocycles. The van der Waals surface area contributed by atoms with Gasteiger partial charge in [0.1, 0.15) is 6.10 Å². The Morgan fingerprint density at radius 1 is 1.47 bits per heavy atom. The Bertz CT molecular complexity index is 450. The summed E-state index contributed by atoms with van der Waals surface area (Å²) in [6.07, 6.45) is 5.08. The highest BCUT2D eigenvalue weighted by atomic mass is 16.6. The third kappa shape index (κ3) is 2.88. The zero-order valence-electron chi connectivity index (χ0n) is 11.7. The number of fused-ring (bicyclic) bond motifs is 2. The summed E-state index contributed by atoms with van der Waals surface area (Å²) in [6.45, 7) is 9.66. The summed E-state index contributed by atoms with van der Waals surface area (Å²) < 4.78 is 5.10. The molecule has 1 saturated carbocycles. The minimum Gasteiger partial charge on any atom is -0.462 e. The smallest absolute Gasteiger partial charge is 0.310 e. The summed E-state index contributed by atoms with van der Waals surface area (Å²) in [5.74, 6) is -0.770. The largest absolute Gasteiger partial charge is 0.462 e. The van der Waals surface area contributed by atoms with Crippen molar-refractivity contribution in [2.75, 3.05) is 0 Å². The molecule has 2 bridgehead atoms. The third-order valence-corrected chi connectivity index (χ3v) is 3.88. The van der Waals surface area contributed by atoms with Crippen molar-refractivity contribution in [2.45, 2.75) is 39.7 Å². The molecule has 0 aromatic heterocycles. The molecule has 2 fully saturated rings. The van der Waals surface area contributed by atoms with E-state index in [1.165, 1.54) is 0 Å². The van der Waals surface area contributed by atoms with E-state index in [0.717, 1.165) is 5.70 Å². The van der Waals surface area contributed by atoms with Crippen LogP contribution >= 0.6 is 0 Å². The Labute approximate surface area is 113 Å². The molecule has 0 radical (unpaired) electrons. The number of hydrogen-bond acceptors (Lipinski definition) is 3. The number of carbonyl (C=O) groups is 2. The van der Waals surface area contributed by atoms with Gasteiger partial charge >= 0.3 is 5.97 Å². The average molecular weight is 263 g/mol. The highest BCUT2D eigenvalue weighted by Gasteiger charge is 2.50. The van der Waals surface area contributed by atoms with Crippen LogP contribution in [-0.2, 0) is 14.3 Å². The van der Waals surface area contributed by atoms with Gasteiger partial charge in [0, 0.05) is 11.1 Å². The quantitative estimate of drug-likeness (QED) is 0.624. The number of allylic oxidation sites excluding steroid dienone is 3. The highest BCUT2D eigenvalue weighted by molar-refractivity contribution is 5.88. The predicted octanol–water partition coefficient (Wildman–Crippen LogP) is 2.17. The van der Waals surface area contributed by atoms with Gasteiger partial charge in [0.25, 0.3) is 0 Å². The summed E-state index contributed by atoms with van der Waals surface area (Å²) in [7, 11) is 0. The van der Waals surface area contributed by atoms with Crippen LogP contribution in [0.2, 0.25) is 0 Å². The van der Waals surface area contributed by atoms with E-state index >= 15 is 0 Å². The molecule has 2 rings (SSSR count). The molecule has 1 aliphatic heterocycles. The van der Waals surface area contributed by atoms with Crippen molar-refractivity contribution in [3.8, 4) is 0 Å². The molecule has 19 heavy (non-hydrogen) atoms. The number of nitrogens with one attached hydrogen (secondary N) is 1. The van der Waals surface area contributed by atoms with Crippen molar-refractivity contribution in [2.24, 2.45) is 17.3 Å². The van der Waals surface area contributed by atoms with Crippen LogP contribution in [0.3, 0.4) is 0 Å². The van der Waals surface area contributed by atoms with Crippen LogP contribution in [0.5, 0.6) is 0 Å². The second-order valence-electron chi connectivity index (χ2n) is 6.09. The molecule has 0 aromatic carbocycles. The summed E-state index contributed by atoms with van der Waals surface area (Å²) in [4.78, 5) is 23.7. The molecule has 2 aliphatic rings. The van der Waals surface area contributed by atoms with Gasteiger partial charge in [0.15, 0.2) is 0 Å². The van der Waals surface area contributed by atoms with E-state index in [1.807, 2.05) is 32.9 Å². The molecule has 1 saturated heterocycles. The Morgan fingerprint density at radius 2 is 2.16 bits per heavy atom. The first-order chi connectivity index (χ1) is 8.82. The van der Waals surface area contributed by atoms with Crippen LogP contribution in [0, 0.1) is 17.3 Å². The van der Waals surface area contributed by atoms with Crippen LogP contribution in [0.1, 0.15) is 33.6 Å². The van der Waals surface area contributed by atoms with Gasteiger partial charge in [-0.1, -0.05) is 26.0 Å². The maximum atomic E-state index is 12.2. The van der Waals surface area contributed by atoms with E-state index < -0.39 is 0 Å². The van der Waals surface area contributed by atoms with Crippen LogP contribution in [0.25, 0.3) is 0 Å². The second kappa shape index (κ2) is 4.83. The minimum absolute atomic E-state index is 0.0536. The van der Waals surface area contributed by atoms with Crippen LogP contribution in [-0.4, -0.2) is 18.0 Å². The van der Waals surface area contributed by atoms with E-state index in [2.05, 4.69) is 11.9 Å². The van der Waals surface area contributed by atoms with Crippen molar-refractivity contribution >= 4 is 11.9 Å². The Hall–Kier alpha value is -1.58. The van der Waals surface area contributed by atoms with Gasteiger partial charge in [-0.3, -0.25) is 9.59 Å². The molecule has 1 amide bonds. The monoisotopic (exact) mass is 263 g/mol. The molecule has 1 N–H and O–H groups in total. The van der Waals surface area contributed by atoms with Crippen LogP contribution in [0.15, 0.2) is 24.4 Å².